The predicted octanol–water partition coefficient (Wildman–Crippen LogP) is 3.43. The number of aromatic nitrogens is 2. The molecule has 5 aliphatic rings. The van der Waals surface area contributed by atoms with Crippen LogP contribution in [0.2, 0.25) is 0 Å². The molecule has 6 heterocycles. The highest BCUT2D eigenvalue weighted by atomic mass is 19.1. The Hall–Kier alpha value is -5.93. The average Bonchev–Trinajstić information content (AvgIpc) is 3.92. The second-order valence-corrected chi connectivity index (χ2v) is 16.0. The van der Waals surface area contributed by atoms with Crippen molar-refractivity contribution in [3.63, 3.8) is 0 Å². The van der Waals surface area contributed by atoms with Crippen molar-refractivity contribution in [1.82, 2.24) is 35.1 Å². The lowest BCUT2D eigenvalue weighted by Gasteiger charge is -2.43. The Morgan fingerprint density at radius 2 is 1.62 bits per heavy atom. The third-order valence-electron chi connectivity index (χ3n) is 12.4. The summed E-state index contributed by atoms with van der Waals surface area (Å²) in [7, 11) is 0. The molecule has 0 saturated carbocycles. The van der Waals surface area contributed by atoms with Crippen LogP contribution in [0.25, 0.3) is 0 Å². The number of imide groups is 1. The predicted molar refractivity (Wildman–Crippen MR) is 212 cm³/mol. The molecule has 300 valence electrons. The Labute approximate surface area is 335 Å². The highest BCUT2D eigenvalue weighted by Crippen LogP contribution is 2.32. The van der Waals surface area contributed by atoms with E-state index in [0.29, 0.717) is 60.2 Å². The molecule has 0 spiro atoms. The number of fused-ring (bicyclic) bond motifs is 2. The van der Waals surface area contributed by atoms with Gasteiger partial charge in [0.15, 0.2) is 5.82 Å². The number of nitrogens with zero attached hydrogens (tertiary/aromatic N) is 6. The first-order valence-electron chi connectivity index (χ1n) is 20.1. The topological polar surface area (TPSA) is 154 Å². The van der Waals surface area contributed by atoms with Gasteiger partial charge in [-0.05, 0) is 66.8 Å². The van der Waals surface area contributed by atoms with E-state index in [1.54, 1.807) is 11.0 Å². The van der Waals surface area contributed by atoms with Crippen LogP contribution in [0.1, 0.15) is 74.3 Å². The van der Waals surface area contributed by atoms with Crippen molar-refractivity contribution >= 4 is 41.0 Å². The third kappa shape index (κ3) is 7.59. The normalized spacial score (nSPS) is 20.3. The number of H-pyrrole nitrogens is 1. The summed E-state index contributed by atoms with van der Waals surface area (Å²) in [5.74, 6) is -1.37. The van der Waals surface area contributed by atoms with Crippen molar-refractivity contribution in [3.05, 3.63) is 112 Å². The number of amides is 5. The first-order valence-corrected chi connectivity index (χ1v) is 20.1. The van der Waals surface area contributed by atoms with E-state index in [1.165, 1.54) is 11.0 Å². The summed E-state index contributed by atoms with van der Waals surface area (Å²) in [6.07, 6.45) is 2.82. The molecule has 58 heavy (non-hydrogen) atoms. The van der Waals surface area contributed by atoms with Gasteiger partial charge in [0.05, 0.1) is 25.2 Å². The molecule has 0 radical (unpaired) electrons. The first kappa shape index (κ1) is 37.6. The van der Waals surface area contributed by atoms with Crippen LogP contribution in [-0.2, 0) is 47.0 Å². The third-order valence-corrected chi connectivity index (χ3v) is 12.4. The van der Waals surface area contributed by atoms with Crippen LogP contribution in [0.4, 0.5) is 15.9 Å². The van der Waals surface area contributed by atoms with Crippen LogP contribution in [-0.4, -0.2) is 111 Å². The van der Waals surface area contributed by atoms with Crippen molar-refractivity contribution in [3.8, 4) is 0 Å². The fourth-order valence-electron chi connectivity index (χ4n) is 9.08. The van der Waals surface area contributed by atoms with Crippen molar-refractivity contribution in [1.29, 1.82) is 0 Å². The Balaban J connectivity index is 0.726. The largest absolute Gasteiger partial charge is 0.371 e. The van der Waals surface area contributed by atoms with Gasteiger partial charge < -0.3 is 20.0 Å². The maximum atomic E-state index is 15.3. The number of nitrogens with one attached hydrogen (secondary N) is 3. The van der Waals surface area contributed by atoms with Crippen molar-refractivity contribution in [2.75, 3.05) is 49.5 Å². The van der Waals surface area contributed by atoms with E-state index < -0.39 is 17.8 Å². The molecule has 0 bridgehead atoms. The summed E-state index contributed by atoms with van der Waals surface area (Å²) < 4.78 is 15.3. The number of piperidine rings is 2. The fraction of sp³-hybridized carbons (Fsp3) is 0.395. The van der Waals surface area contributed by atoms with Crippen LogP contribution in [0, 0.1) is 5.82 Å². The molecule has 1 unspecified atom stereocenters. The van der Waals surface area contributed by atoms with E-state index in [4.69, 9.17) is 0 Å². The number of hydrogen-bond acceptors (Lipinski definition) is 9. The molecular weight excluding hydrogens is 742 g/mol. The van der Waals surface area contributed by atoms with Gasteiger partial charge in [0, 0.05) is 92.8 Å². The van der Waals surface area contributed by atoms with Gasteiger partial charge in [-0.1, -0.05) is 30.3 Å². The molecule has 5 amide bonds. The number of halogens is 1. The molecule has 1 atom stereocenters. The van der Waals surface area contributed by atoms with Crippen LogP contribution >= 0.6 is 0 Å². The first-order chi connectivity index (χ1) is 28.2. The molecular formula is C43H46FN9O5. The Morgan fingerprint density at radius 3 is 2.36 bits per heavy atom. The molecule has 1 aromatic heterocycles. The summed E-state index contributed by atoms with van der Waals surface area (Å²) in [6.45, 7) is 6.73. The Bertz CT molecular complexity index is 2250. The van der Waals surface area contributed by atoms with E-state index in [0.717, 1.165) is 74.6 Å². The zero-order valence-corrected chi connectivity index (χ0v) is 32.2. The van der Waals surface area contributed by atoms with Crippen LogP contribution in [0.3, 0.4) is 0 Å². The van der Waals surface area contributed by atoms with Crippen LogP contribution in [0.5, 0.6) is 0 Å². The van der Waals surface area contributed by atoms with E-state index in [-0.39, 0.29) is 43.0 Å². The minimum Gasteiger partial charge on any atom is -0.371 e. The van der Waals surface area contributed by atoms with Gasteiger partial charge in [-0.3, -0.25) is 44.2 Å². The van der Waals surface area contributed by atoms with Gasteiger partial charge in [-0.25, -0.2) is 4.39 Å². The Morgan fingerprint density at radius 1 is 0.862 bits per heavy atom. The number of aromatic amines is 1. The lowest BCUT2D eigenvalue weighted by atomic mass is 10.0. The molecule has 3 N–H and O–H groups in total. The average molecular weight is 788 g/mol. The van der Waals surface area contributed by atoms with E-state index >= 15 is 4.39 Å². The van der Waals surface area contributed by atoms with Gasteiger partial charge in [0.25, 0.3) is 11.8 Å². The molecule has 5 aliphatic heterocycles. The Kier molecular flexibility index (Phi) is 10.2. The monoisotopic (exact) mass is 787 g/mol. The molecule has 15 heteroatoms. The standard InChI is InChI=1S/C43H46FN9O5/c44-35-22-33-29(24-53(43(33)58)37-10-11-38(54)45-42(37)57)21-30(35)23-49-16-18-51(19-17-49)32-12-14-50(15-13-32)31-8-6-28(7-9-31)41(56)46-40-34-25-52(26-36(34)47-48-40)39(55)20-27-4-2-1-3-5-27/h1-9,21-22,32,37H,10-20,23-26H2,(H,45,54,57)(H2,46,47,48,56). The number of rotatable bonds is 9. The van der Waals surface area contributed by atoms with Gasteiger partial charge in [-0.2, -0.15) is 5.10 Å². The number of benzene rings is 3. The summed E-state index contributed by atoms with van der Waals surface area (Å²) >= 11 is 0. The molecule has 3 saturated heterocycles. The lowest BCUT2D eigenvalue weighted by molar-refractivity contribution is -0.137. The van der Waals surface area contributed by atoms with Gasteiger partial charge in [0.2, 0.25) is 17.7 Å². The molecule has 0 aliphatic carbocycles. The molecule has 4 aromatic rings. The van der Waals surface area contributed by atoms with Crippen LogP contribution < -0.4 is 15.5 Å². The number of piperazine rings is 1. The SMILES string of the molecule is O=C1CCC(N2Cc3cc(CN4CCN(C5CCN(c6ccc(C(=O)Nc7n[nH]c8c7CN(C(=O)Cc7ccccc7)C8)cc6)CC5)CC4)c(F)cc3C2=O)C(=O)N1. The molecule has 3 aromatic carbocycles. The minimum atomic E-state index is -0.725. The number of carbonyl (C=O) groups is 5. The summed E-state index contributed by atoms with van der Waals surface area (Å²) in [6, 6.07) is 20.1. The van der Waals surface area contributed by atoms with Gasteiger partial charge in [0.1, 0.15) is 11.9 Å². The second kappa shape index (κ2) is 15.8. The zero-order chi connectivity index (χ0) is 39.9. The molecule has 3 fully saturated rings. The summed E-state index contributed by atoms with van der Waals surface area (Å²) in [4.78, 5) is 73.7. The highest BCUT2D eigenvalue weighted by Gasteiger charge is 2.40. The van der Waals surface area contributed by atoms with Crippen LogP contribution in [0.15, 0.2) is 66.7 Å². The fourth-order valence-corrected chi connectivity index (χ4v) is 9.08. The summed E-state index contributed by atoms with van der Waals surface area (Å²) in [5, 5.41) is 12.6. The summed E-state index contributed by atoms with van der Waals surface area (Å²) in [5.41, 5.74) is 5.80. The second-order valence-electron chi connectivity index (χ2n) is 16.0. The van der Waals surface area contributed by atoms with Crippen molar-refractivity contribution in [2.45, 2.75) is 70.4 Å². The smallest absolute Gasteiger partial charge is 0.256 e. The maximum Gasteiger partial charge on any atom is 0.256 e. The van der Waals surface area contributed by atoms with Crippen molar-refractivity contribution in [2.24, 2.45) is 0 Å². The zero-order valence-electron chi connectivity index (χ0n) is 32.2. The lowest BCUT2D eigenvalue weighted by Crippen LogP contribution is -2.53. The van der Waals surface area contributed by atoms with Crippen molar-refractivity contribution < 1.29 is 28.4 Å². The number of anilines is 2. The quantitative estimate of drug-likeness (QED) is 0.217. The maximum absolute atomic E-state index is 15.3. The molecule has 14 nitrogen and oxygen atoms in total. The number of hydrogen-bond donors (Lipinski definition) is 3. The highest BCUT2D eigenvalue weighted by molar-refractivity contribution is 6.06. The van der Waals surface area contributed by atoms with E-state index in [2.05, 4.69) is 35.5 Å². The van der Waals surface area contributed by atoms with E-state index in [9.17, 15) is 24.0 Å². The van der Waals surface area contributed by atoms with E-state index in [1.807, 2.05) is 54.6 Å². The minimum absolute atomic E-state index is 0.0283. The van der Waals surface area contributed by atoms with Gasteiger partial charge in [-0.15, -0.1) is 0 Å². The molecule has 9 rings (SSSR count). The van der Waals surface area contributed by atoms with Gasteiger partial charge >= 0.3 is 0 Å². The number of carbonyl (C=O) groups excluding carboxylic acids is 5.